The van der Waals surface area contributed by atoms with Gasteiger partial charge >= 0.3 is 12.0 Å². The zero-order valence-corrected chi connectivity index (χ0v) is 18.5. The van der Waals surface area contributed by atoms with Crippen LogP contribution in [0.15, 0.2) is 12.7 Å². The van der Waals surface area contributed by atoms with E-state index >= 15 is 0 Å². The van der Waals surface area contributed by atoms with E-state index in [4.69, 9.17) is 9.47 Å². The number of carbonyl (C=O) groups excluding carboxylic acids is 1. The maximum atomic E-state index is 12.5. The third-order valence-electron chi connectivity index (χ3n) is 4.90. The fourth-order valence-corrected chi connectivity index (χ4v) is 3.46. The minimum Gasteiger partial charge on any atom is -0.480 e. The molecule has 0 saturated carbocycles. The van der Waals surface area contributed by atoms with Crippen molar-refractivity contribution in [1.29, 1.82) is 0 Å². The van der Waals surface area contributed by atoms with Gasteiger partial charge in [-0.05, 0) is 27.7 Å². The number of fused-ring (bicyclic) bond motifs is 1. The predicted molar refractivity (Wildman–Crippen MR) is 112 cm³/mol. The number of aliphatic hydroxyl groups excluding tert-OH is 3. The Kier molecular flexibility index (Phi) is 7.14. The number of imidazole rings is 1. The second kappa shape index (κ2) is 9.52. The van der Waals surface area contributed by atoms with E-state index in [0.717, 1.165) is 6.33 Å². The Bertz CT molecular complexity index is 1010. The van der Waals surface area contributed by atoms with Gasteiger partial charge in [0, 0.05) is 0 Å². The average molecular weight is 468 g/mol. The molecule has 0 radical (unpaired) electrons. The number of carboxylic acids is 1. The van der Waals surface area contributed by atoms with E-state index in [0.29, 0.717) is 0 Å². The number of ether oxygens (including phenoxy) is 2. The van der Waals surface area contributed by atoms with E-state index in [1.807, 2.05) is 0 Å². The molecule has 6 atom stereocenters. The van der Waals surface area contributed by atoms with Gasteiger partial charge < -0.3 is 35.2 Å². The number of aromatic nitrogens is 4. The summed E-state index contributed by atoms with van der Waals surface area (Å²) in [6.07, 6.45) is -3.63. The number of aliphatic carboxylic acids is 1. The smallest absolute Gasteiger partial charge is 0.328 e. The van der Waals surface area contributed by atoms with Gasteiger partial charge in [-0.15, -0.1) is 0 Å². The number of nitrogens with one attached hydrogen (secondary N) is 2. The molecule has 2 unspecified atom stereocenters. The first-order chi connectivity index (χ1) is 15.4. The van der Waals surface area contributed by atoms with Gasteiger partial charge in [0.05, 0.1) is 24.6 Å². The molecule has 6 N–H and O–H groups in total. The quantitative estimate of drug-likeness (QED) is 0.310. The fourth-order valence-electron chi connectivity index (χ4n) is 3.46. The summed E-state index contributed by atoms with van der Waals surface area (Å²) in [4.78, 5) is 36.4. The highest BCUT2D eigenvalue weighted by molar-refractivity contribution is 5.97. The van der Waals surface area contributed by atoms with Gasteiger partial charge in [-0.3, -0.25) is 9.88 Å². The van der Waals surface area contributed by atoms with Gasteiger partial charge in [0.25, 0.3) is 0 Å². The zero-order chi connectivity index (χ0) is 24.5. The van der Waals surface area contributed by atoms with Gasteiger partial charge in [-0.1, -0.05) is 0 Å². The van der Waals surface area contributed by atoms with Crippen LogP contribution < -0.4 is 10.6 Å². The second-order valence-electron chi connectivity index (χ2n) is 8.67. The van der Waals surface area contributed by atoms with Gasteiger partial charge in [0.2, 0.25) is 0 Å². The van der Waals surface area contributed by atoms with E-state index in [1.165, 1.54) is 17.8 Å². The third kappa shape index (κ3) is 5.54. The number of carbonyl (C=O) groups is 2. The molecule has 3 rings (SSSR count). The van der Waals surface area contributed by atoms with E-state index < -0.39 is 54.3 Å². The van der Waals surface area contributed by atoms with Crippen LogP contribution in [0.5, 0.6) is 0 Å². The zero-order valence-electron chi connectivity index (χ0n) is 18.5. The summed E-state index contributed by atoms with van der Waals surface area (Å²) in [5.41, 5.74) is -0.311. The first-order valence-corrected chi connectivity index (χ1v) is 10.2. The summed E-state index contributed by atoms with van der Waals surface area (Å²) >= 11 is 0. The van der Waals surface area contributed by atoms with Crippen LogP contribution in [0.3, 0.4) is 0 Å². The number of hydrogen-bond acceptors (Lipinski definition) is 10. The lowest BCUT2D eigenvalue weighted by Gasteiger charge is -2.35. The third-order valence-corrected chi connectivity index (χ3v) is 4.90. The first kappa shape index (κ1) is 24.7. The maximum Gasteiger partial charge on any atom is 0.328 e. The van der Waals surface area contributed by atoms with Crippen LogP contribution in [0, 0.1) is 0 Å². The molecule has 1 aliphatic rings. The largest absolute Gasteiger partial charge is 0.480 e. The van der Waals surface area contributed by atoms with Crippen LogP contribution in [0.2, 0.25) is 0 Å². The highest BCUT2D eigenvalue weighted by Gasteiger charge is 2.39. The molecular weight excluding hydrogens is 440 g/mol. The van der Waals surface area contributed by atoms with Crippen LogP contribution >= 0.6 is 0 Å². The Labute approximate surface area is 188 Å². The second-order valence-corrected chi connectivity index (χ2v) is 8.67. The number of urea groups is 1. The molecule has 2 amide bonds. The maximum absolute atomic E-state index is 12.5. The molecule has 3 heterocycles. The Morgan fingerprint density at radius 1 is 1.21 bits per heavy atom. The van der Waals surface area contributed by atoms with Crippen molar-refractivity contribution in [2.24, 2.45) is 0 Å². The average Bonchev–Trinajstić information content (AvgIpc) is 3.14. The molecule has 1 aliphatic heterocycles. The molecular formula is C19H28N6O8. The van der Waals surface area contributed by atoms with Gasteiger partial charge in [-0.2, -0.15) is 0 Å². The van der Waals surface area contributed by atoms with Gasteiger partial charge in [0.15, 0.2) is 29.3 Å². The molecule has 33 heavy (non-hydrogen) atoms. The normalized spacial score (nSPS) is 25.4. The van der Waals surface area contributed by atoms with Crippen molar-refractivity contribution in [2.75, 3.05) is 11.9 Å². The van der Waals surface area contributed by atoms with Crippen molar-refractivity contribution in [3.05, 3.63) is 12.7 Å². The Morgan fingerprint density at radius 2 is 1.91 bits per heavy atom. The highest BCUT2D eigenvalue weighted by Crippen LogP contribution is 2.28. The molecule has 0 bridgehead atoms. The topological polar surface area (TPSA) is 201 Å². The summed E-state index contributed by atoms with van der Waals surface area (Å²) in [5.74, 6) is -1.29. The van der Waals surface area contributed by atoms with Crippen molar-refractivity contribution in [3.8, 4) is 0 Å². The minimum atomic E-state index is -1.46. The minimum absolute atomic E-state index is 0.0179. The van der Waals surface area contributed by atoms with Crippen molar-refractivity contribution in [2.45, 2.75) is 70.0 Å². The molecule has 0 aliphatic carbocycles. The molecule has 14 nitrogen and oxygen atoms in total. The molecule has 0 aromatic carbocycles. The molecule has 1 fully saturated rings. The molecule has 1 saturated heterocycles. The summed E-state index contributed by atoms with van der Waals surface area (Å²) in [5, 5.41) is 44.1. The van der Waals surface area contributed by atoms with Crippen LogP contribution in [0.1, 0.15) is 33.9 Å². The van der Waals surface area contributed by atoms with E-state index in [-0.39, 0.29) is 23.6 Å². The molecule has 182 valence electrons. The Hall–Kier alpha value is -2.91. The van der Waals surface area contributed by atoms with Gasteiger partial charge in [-0.25, -0.2) is 24.5 Å². The summed E-state index contributed by atoms with van der Waals surface area (Å²) in [6, 6.07) is -2.19. The molecule has 2 aromatic rings. The van der Waals surface area contributed by atoms with Crippen LogP contribution in [0.25, 0.3) is 11.2 Å². The number of rotatable bonds is 6. The number of anilines is 1. The Morgan fingerprint density at radius 3 is 2.55 bits per heavy atom. The molecule has 2 aromatic heterocycles. The van der Waals surface area contributed by atoms with Gasteiger partial charge in [0.1, 0.15) is 24.6 Å². The number of nitrogens with zero attached hydrogens (tertiary/aromatic N) is 4. The van der Waals surface area contributed by atoms with Crippen molar-refractivity contribution < 1.29 is 39.5 Å². The van der Waals surface area contributed by atoms with Crippen molar-refractivity contribution in [1.82, 2.24) is 24.8 Å². The van der Waals surface area contributed by atoms with Crippen molar-refractivity contribution >= 4 is 29.0 Å². The molecule has 0 spiro atoms. The molecule has 14 heteroatoms. The van der Waals surface area contributed by atoms with E-state index in [2.05, 4.69) is 25.6 Å². The highest BCUT2D eigenvalue weighted by atomic mass is 16.5. The number of hydrogen-bond donors (Lipinski definition) is 6. The van der Waals surface area contributed by atoms with Crippen LogP contribution in [0.4, 0.5) is 10.6 Å². The fraction of sp³-hybridized carbons (Fsp3) is 0.632. The van der Waals surface area contributed by atoms with E-state index in [1.54, 1.807) is 20.8 Å². The summed E-state index contributed by atoms with van der Waals surface area (Å²) < 4.78 is 12.4. The lowest BCUT2D eigenvalue weighted by Crippen LogP contribution is -2.51. The standard InChI is InChI=1S/C19H28N6O8/c1-8(33-19(2,3)4)10(17(29)30)23-18(31)24-14-11-15(21-6-20-14)25(7-22-11)16-13(28)12(27)9(26)5-32-16/h6-10,12-13,16,26-28H,5H2,1-4H3,(H,29,30)(H2,20,21,23,24,31)/t8-,9-,10?,12+,13+,16?/m1/s1. The van der Waals surface area contributed by atoms with Crippen molar-refractivity contribution in [3.63, 3.8) is 0 Å². The lowest BCUT2D eigenvalue weighted by atomic mass is 10.0. The van der Waals surface area contributed by atoms with Crippen LogP contribution in [-0.4, -0.2) is 94.6 Å². The monoisotopic (exact) mass is 468 g/mol. The summed E-state index contributed by atoms with van der Waals surface area (Å²) in [6.45, 7) is 6.62. The Balaban J connectivity index is 1.78. The number of aliphatic hydroxyl groups is 3. The van der Waals surface area contributed by atoms with Crippen LogP contribution in [-0.2, 0) is 14.3 Å². The SMILES string of the molecule is C[C@@H](OC(C)(C)C)C(NC(=O)Nc1ncnc2c1ncn2C1OC[C@@H](O)[C@H](O)[C@@H]1O)C(=O)O. The number of carboxylic acid groups (broad SMARTS) is 1. The van der Waals surface area contributed by atoms with E-state index in [9.17, 15) is 30.0 Å². The first-order valence-electron chi connectivity index (χ1n) is 10.2. The predicted octanol–water partition coefficient (Wildman–Crippen LogP) is -0.784. The number of amides is 2. The lowest BCUT2D eigenvalue weighted by molar-refractivity contribution is -0.210. The summed E-state index contributed by atoms with van der Waals surface area (Å²) in [7, 11) is 0.